The number of anilines is 2. The lowest BCUT2D eigenvalue weighted by Crippen LogP contribution is -2.44. The van der Waals surface area contributed by atoms with E-state index < -0.39 is 17.4 Å². The van der Waals surface area contributed by atoms with E-state index in [9.17, 15) is 19.8 Å². The molecule has 4 atom stereocenters. The monoisotopic (exact) mass is 634 g/mol. The summed E-state index contributed by atoms with van der Waals surface area (Å²) in [7, 11) is 0. The maximum absolute atomic E-state index is 14.1. The van der Waals surface area contributed by atoms with Gasteiger partial charge in [0.15, 0.2) is 5.60 Å². The molecular weight excluding hydrogens is 592 g/mol. The number of fused-ring (bicyclic) bond motifs is 1. The molecule has 4 N–H and O–H groups in total. The van der Waals surface area contributed by atoms with Crippen LogP contribution < -0.4 is 15.5 Å². The number of carbonyl (C=O) groups is 2. The smallest absolute Gasteiger partial charge is 0.264 e. The van der Waals surface area contributed by atoms with E-state index in [-0.39, 0.29) is 24.3 Å². The molecular formula is C37H42N6O4. The normalized spacial score (nSPS) is 20.7. The van der Waals surface area contributed by atoms with Crippen molar-refractivity contribution in [3.05, 3.63) is 120 Å². The molecule has 10 heteroatoms. The number of amides is 2. The van der Waals surface area contributed by atoms with Crippen LogP contribution in [0.25, 0.3) is 0 Å². The minimum atomic E-state index is -1.82. The van der Waals surface area contributed by atoms with E-state index in [4.69, 9.17) is 0 Å². The van der Waals surface area contributed by atoms with Gasteiger partial charge in [-0.15, -0.1) is 5.10 Å². The molecule has 1 fully saturated rings. The van der Waals surface area contributed by atoms with E-state index in [1.165, 1.54) is 0 Å². The maximum Gasteiger partial charge on any atom is 0.264 e. The minimum absolute atomic E-state index is 0.0653. The third-order valence-corrected chi connectivity index (χ3v) is 9.29. The van der Waals surface area contributed by atoms with Crippen LogP contribution >= 0.6 is 0 Å². The lowest BCUT2D eigenvalue weighted by Gasteiger charge is -2.28. The summed E-state index contributed by atoms with van der Waals surface area (Å²) >= 11 is 0. The van der Waals surface area contributed by atoms with E-state index in [2.05, 4.69) is 20.9 Å². The Kier molecular flexibility index (Phi) is 9.91. The molecule has 0 saturated carbocycles. The lowest BCUT2D eigenvalue weighted by atomic mass is 9.82. The summed E-state index contributed by atoms with van der Waals surface area (Å²) in [6.45, 7) is 4.17. The maximum atomic E-state index is 14.1. The van der Waals surface area contributed by atoms with Crippen molar-refractivity contribution in [2.45, 2.75) is 50.8 Å². The summed E-state index contributed by atoms with van der Waals surface area (Å²) in [6, 6.07) is 24.8. The van der Waals surface area contributed by atoms with Crippen molar-refractivity contribution >= 4 is 23.2 Å². The van der Waals surface area contributed by atoms with Crippen LogP contribution in [0, 0.1) is 11.8 Å². The Balaban J connectivity index is 1.19. The van der Waals surface area contributed by atoms with Crippen LogP contribution in [0.5, 0.6) is 0 Å². The van der Waals surface area contributed by atoms with Crippen LogP contribution in [0.3, 0.4) is 0 Å². The number of rotatable bonds is 12. The number of nitrogens with zero attached hydrogens (tertiary/aromatic N) is 4. The number of hydrogen-bond donors (Lipinski definition) is 4. The number of benzene rings is 3. The molecule has 47 heavy (non-hydrogen) atoms. The molecule has 0 bridgehead atoms. The van der Waals surface area contributed by atoms with Crippen LogP contribution in [0.15, 0.2) is 97.2 Å². The van der Waals surface area contributed by atoms with Crippen molar-refractivity contribution in [2.75, 3.05) is 29.9 Å². The van der Waals surface area contributed by atoms with Crippen molar-refractivity contribution in [3.63, 3.8) is 0 Å². The van der Waals surface area contributed by atoms with Gasteiger partial charge in [0.1, 0.15) is 0 Å². The quantitative estimate of drug-likeness (QED) is 0.170. The number of hydrogen-bond acceptors (Lipinski definition) is 7. The first-order valence-electron chi connectivity index (χ1n) is 16.4. The van der Waals surface area contributed by atoms with Gasteiger partial charge in [0.25, 0.3) is 5.91 Å². The van der Waals surface area contributed by atoms with Crippen LogP contribution in [0.2, 0.25) is 0 Å². The number of allylic oxidation sites excluding steroid dienone is 1. The van der Waals surface area contributed by atoms with Crippen LogP contribution in [0.1, 0.15) is 54.5 Å². The molecule has 4 aromatic rings. The molecule has 3 heterocycles. The molecule has 0 aliphatic carbocycles. The fraction of sp³-hybridized carbons (Fsp3) is 0.351. The summed E-state index contributed by atoms with van der Waals surface area (Å²) in [4.78, 5) is 28.7. The summed E-state index contributed by atoms with van der Waals surface area (Å²) in [6.07, 6.45) is 8.02. The van der Waals surface area contributed by atoms with E-state index >= 15 is 0 Å². The van der Waals surface area contributed by atoms with Gasteiger partial charge in [-0.05, 0) is 55.1 Å². The molecule has 244 valence electrons. The van der Waals surface area contributed by atoms with Gasteiger partial charge in [0.2, 0.25) is 5.91 Å². The highest BCUT2D eigenvalue weighted by atomic mass is 16.3. The number of aryl methyl sites for hydroxylation is 1. The highest BCUT2D eigenvalue weighted by Gasteiger charge is 2.52. The first-order valence-corrected chi connectivity index (χ1v) is 16.4. The third-order valence-electron chi connectivity index (χ3n) is 9.29. The fourth-order valence-electron chi connectivity index (χ4n) is 6.55. The third kappa shape index (κ3) is 6.90. The zero-order chi connectivity index (χ0) is 32.8. The number of nitrogens with one attached hydrogen (secondary N) is 2. The highest BCUT2D eigenvalue weighted by molar-refractivity contribution is 6.08. The van der Waals surface area contributed by atoms with E-state index in [1.807, 2.05) is 92.0 Å². The summed E-state index contributed by atoms with van der Waals surface area (Å²) in [5.74, 6) is -1.40. The standard InChI is InChI=1S/C37H42N6O4/c1-26(11-8-9-20-42-24-33(40-41-42)31(25-44)28-14-6-3-7-15-28)37(47)32-21-30(39-35(45)29-16-10-19-38-22-29)17-18-34(32)43(36(37)46)23-27-12-4-2-5-13-27/h2-8,11-15,17-18,21,24,26,29,31,38,44,47H,9-10,16,19-20,22-23,25H2,1H3,(H,39,45)/b11-8+/t26-,29?,31?,37+/m1/s1. The second kappa shape index (κ2) is 14.4. The predicted octanol–water partition coefficient (Wildman–Crippen LogP) is 4.36. The Hall–Kier alpha value is -4.64. The van der Waals surface area contributed by atoms with Gasteiger partial charge >= 0.3 is 0 Å². The summed E-state index contributed by atoms with van der Waals surface area (Å²) in [5, 5.41) is 37.1. The molecule has 2 aliphatic rings. The number of aromatic nitrogens is 3. The molecule has 10 nitrogen and oxygen atoms in total. The lowest BCUT2D eigenvalue weighted by molar-refractivity contribution is -0.139. The van der Waals surface area contributed by atoms with Crippen LogP contribution in [-0.2, 0) is 28.3 Å². The van der Waals surface area contributed by atoms with Crippen molar-refractivity contribution < 1.29 is 19.8 Å². The number of carbonyl (C=O) groups excluding carboxylic acids is 2. The Morgan fingerprint density at radius 2 is 1.89 bits per heavy atom. The topological polar surface area (TPSA) is 133 Å². The van der Waals surface area contributed by atoms with Crippen LogP contribution in [-0.4, -0.2) is 56.7 Å². The average molecular weight is 635 g/mol. The Bertz CT molecular complexity index is 1700. The van der Waals surface area contributed by atoms with Gasteiger partial charge in [0.05, 0.1) is 36.4 Å². The Morgan fingerprint density at radius 1 is 1.13 bits per heavy atom. The second-order valence-corrected chi connectivity index (χ2v) is 12.5. The van der Waals surface area contributed by atoms with Gasteiger partial charge in [-0.25, -0.2) is 0 Å². The van der Waals surface area contributed by atoms with Crippen LogP contribution in [0.4, 0.5) is 11.4 Å². The first-order chi connectivity index (χ1) is 22.9. The van der Waals surface area contributed by atoms with E-state index in [0.717, 1.165) is 30.5 Å². The van der Waals surface area contributed by atoms with E-state index in [0.29, 0.717) is 48.7 Å². The fourth-order valence-corrected chi connectivity index (χ4v) is 6.55. The van der Waals surface area contributed by atoms with Gasteiger partial charge in [-0.1, -0.05) is 85.0 Å². The molecule has 2 amide bonds. The van der Waals surface area contributed by atoms with E-state index in [1.54, 1.807) is 21.7 Å². The zero-order valence-electron chi connectivity index (χ0n) is 26.6. The SMILES string of the molecule is C[C@H](/C=C/CCn1cc(C(CO)c2ccccc2)nn1)[C@@]1(O)C(=O)N(Cc2ccccc2)c2ccc(NC(=O)C3CCCNC3)cc21. The average Bonchev–Trinajstić information content (AvgIpc) is 3.65. The zero-order valence-corrected chi connectivity index (χ0v) is 26.6. The molecule has 2 aliphatic heterocycles. The van der Waals surface area contributed by atoms with Gasteiger partial charge < -0.3 is 25.7 Å². The summed E-state index contributed by atoms with van der Waals surface area (Å²) in [5.41, 5.74) is 2.46. The van der Waals surface area contributed by atoms with Crippen molar-refractivity contribution in [3.8, 4) is 0 Å². The molecule has 0 radical (unpaired) electrons. The number of piperidine rings is 1. The second-order valence-electron chi connectivity index (χ2n) is 12.5. The van der Waals surface area contributed by atoms with Crippen molar-refractivity contribution in [1.82, 2.24) is 20.3 Å². The van der Waals surface area contributed by atoms with Crippen molar-refractivity contribution in [1.29, 1.82) is 0 Å². The highest BCUT2D eigenvalue weighted by Crippen LogP contribution is 2.47. The van der Waals surface area contributed by atoms with Gasteiger partial charge in [-0.3, -0.25) is 14.3 Å². The van der Waals surface area contributed by atoms with Gasteiger partial charge in [-0.2, -0.15) is 0 Å². The van der Waals surface area contributed by atoms with Gasteiger partial charge in [0, 0.05) is 36.5 Å². The predicted molar refractivity (Wildman–Crippen MR) is 181 cm³/mol. The Labute approximate surface area is 275 Å². The Morgan fingerprint density at radius 3 is 2.62 bits per heavy atom. The first kappa shape index (κ1) is 32.3. The van der Waals surface area contributed by atoms with Crippen molar-refractivity contribution in [2.24, 2.45) is 11.8 Å². The molecule has 2 unspecified atom stereocenters. The number of aliphatic hydroxyl groups is 2. The molecule has 1 saturated heterocycles. The molecule has 0 spiro atoms. The largest absolute Gasteiger partial charge is 0.395 e. The number of aliphatic hydroxyl groups excluding tert-OH is 1. The minimum Gasteiger partial charge on any atom is -0.395 e. The molecule has 1 aromatic heterocycles. The molecule has 3 aromatic carbocycles. The summed E-state index contributed by atoms with van der Waals surface area (Å²) < 4.78 is 1.74. The molecule has 6 rings (SSSR count).